The van der Waals surface area contributed by atoms with Crippen LogP contribution in [-0.4, -0.2) is 55.6 Å². The standard InChI is InChI=1S/C25H31N3O4S/c1-19-10-11-22(33(31,32)28-13-6-3-7-14-28)17-23(19)26-25(30)21-16-24(29)27(18-21)15-12-20-8-4-2-5-9-20/h2,4-5,8-11,17,21H,3,6-7,12-16,18H2,1H3,(H,26,30). The van der Waals surface area contributed by atoms with Gasteiger partial charge in [0.05, 0.1) is 10.8 Å². The normalized spacial score (nSPS) is 19.6. The fourth-order valence-electron chi connectivity index (χ4n) is 4.46. The Labute approximate surface area is 195 Å². The van der Waals surface area contributed by atoms with Crippen molar-refractivity contribution in [1.82, 2.24) is 9.21 Å². The minimum absolute atomic E-state index is 0.0239. The van der Waals surface area contributed by atoms with Crippen LogP contribution in [0.25, 0.3) is 0 Å². The Morgan fingerprint density at radius 2 is 1.79 bits per heavy atom. The average Bonchev–Trinajstić information content (AvgIpc) is 3.21. The molecule has 0 aromatic heterocycles. The number of hydrogen-bond donors (Lipinski definition) is 1. The summed E-state index contributed by atoms with van der Waals surface area (Å²) in [5.74, 6) is -0.722. The van der Waals surface area contributed by atoms with E-state index in [1.807, 2.05) is 37.3 Å². The molecule has 1 N–H and O–H groups in total. The van der Waals surface area contributed by atoms with Crippen molar-refractivity contribution in [3.8, 4) is 0 Å². The van der Waals surface area contributed by atoms with E-state index in [1.165, 1.54) is 4.31 Å². The molecule has 0 radical (unpaired) electrons. The van der Waals surface area contributed by atoms with E-state index in [1.54, 1.807) is 23.1 Å². The summed E-state index contributed by atoms with van der Waals surface area (Å²) < 4.78 is 27.6. The van der Waals surface area contributed by atoms with Crippen molar-refractivity contribution in [1.29, 1.82) is 0 Å². The topological polar surface area (TPSA) is 86.8 Å². The number of hydrogen-bond acceptors (Lipinski definition) is 4. The molecule has 2 saturated heterocycles. The van der Waals surface area contributed by atoms with E-state index in [0.29, 0.717) is 31.9 Å². The van der Waals surface area contributed by atoms with E-state index in [4.69, 9.17) is 0 Å². The minimum Gasteiger partial charge on any atom is -0.342 e. The molecule has 2 aromatic rings. The van der Waals surface area contributed by atoms with Crippen LogP contribution in [0.3, 0.4) is 0 Å². The lowest BCUT2D eigenvalue weighted by atomic mass is 10.1. The van der Waals surface area contributed by atoms with Crippen molar-refractivity contribution < 1.29 is 18.0 Å². The van der Waals surface area contributed by atoms with Crippen LogP contribution in [-0.2, 0) is 26.0 Å². The maximum Gasteiger partial charge on any atom is 0.243 e. The Kier molecular flexibility index (Phi) is 7.14. The molecule has 2 aliphatic rings. The first-order valence-corrected chi connectivity index (χ1v) is 13.0. The zero-order valence-electron chi connectivity index (χ0n) is 19.0. The molecule has 0 aliphatic carbocycles. The van der Waals surface area contributed by atoms with E-state index in [9.17, 15) is 18.0 Å². The van der Waals surface area contributed by atoms with Gasteiger partial charge in [-0.2, -0.15) is 4.31 Å². The Bertz CT molecular complexity index is 1110. The molecule has 0 spiro atoms. The lowest BCUT2D eigenvalue weighted by molar-refractivity contribution is -0.128. The monoisotopic (exact) mass is 469 g/mol. The van der Waals surface area contributed by atoms with Crippen LogP contribution in [0.15, 0.2) is 53.4 Å². The molecule has 2 fully saturated rings. The maximum atomic E-state index is 13.0. The number of nitrogens with zero attached hydrogens (tertiary/aromatic N) is 2. The average molecular weight is 470 g/mol. The molecule has 2 amide bonds. The third-order valence-corrected chi connectivity index (χ3v) is 8.41. The van der Waals surface area contributed by atoms with E-state index in [-0.39, 0.29) is 23.1 Å². The van der Waals surface area contributed by atoms with Gasteiger partial charge >= 0.3 is 0 Å². The number of likely N-dealkylation sites (tertiary alicyclic amines) is 1. The summed E-state index contributed by atoms with van der Waals surface area (Å²) in [7, 11) is -3.59. The van der Waals surface area contributed by atoms with Crippen molar-refractivity contribution in [2.24, 2.45) is 5.92 Å². The van der Waals surface area contributed by atoms with Crippen LogP contribution in [0.5, 0.6) is 0 Å². The Morgan fingerprint density at radius 1 is 1.06 bits per heavy atom. The van der Waals surface area contributed by atoms with Crippen molar-refractivity contribution in [2.75, 3.05) is 31.5 Å². The number of rotatable bonds is 7. The van der Waals surface area contributed by atoms with Gasteiger partial charge in [-0.05, 0) is 49.4 Å². The van der Waals surface area contributed by atoms with Gasteiger partial charge in [-0.25, -0.2) is 8.42 Å². The maximum absolute atomic E-state index is 13.0. The van der Waals surface area contributed by atoms with Gasteiger partial charge in [0, 0.05) is 38.3 Å². The third-order valence-electron chi connectivity index (χ3n) is 6.52. The zero-order chi connectivity index (χ0) is 23.4. The van der Waals surface area contributed by atoms with Crippen LogP contribution < -0.4 is 5.32 Å². The first-order valence-electron chi connectivity index (χ1n) is 11.6. The summed E-state index contributed by atoms with van der Waals surface area (Å²) in [4.78, 5) is 27.3. The number of nitrogens with one attached hydrogen (secondary N) is 1. The van der Waals surface area contributed by atoms with E-state index in [2.05, 4.69) is 5.32 Å². The third kappa shape index (κ3) is 5.45. The molecule has 2 aliphatic heterocycles. The van der Waals surface area contributed by atoms with Gasteiger partial charge in [0.25, 0.3) is 0 Å². The highest BCUT2D eigenvalue weighted by Crippen LogP contribution is 2.27. The van der Waals surface area contributed by atoms with Gasteiger partial charge in [0.1, 0.15) is 0 Å². The Morgan fingerprint density at radius 3 is 2.52 bits per heavy atom. The molecule has 8 heteroatoms. The molecule has 4 rings (SSSR count). The van der Waals surface area contributed by atoms with Crippen LogP contribution >= 0.6 is 0 Å². The van der Waals surface area contributed by atoms with Crippen molar-refractivity contribution in [2.45, 2.75) is 43.9 Å². The van der Waals surface area contributed by atoms with Crippen LogP contribution in [0.4, 0.5) is 5.69 Å². The summed E-state index contributed by atoms with van der Waals surface area (Å²) in [6.45, 7) is 3.85. The summed E-state index contributed by atoms with van der Waals surface area (Å²) in [6.07, 6.45) is 3.70. The van der Waals surface area contributed by atoms with Crippen molar-refractivity contribution in [3.63, 3.8) is 0 Å². The molecule has 33 heavy (non-hydrogen) atoms. The highest BCUT2D eigenvalue weighted by molar-refractivity contribution is 7.89. The van der Waals surface area contributed by atoms with E-state index < -0.39 is 15.9 Å². The number of anilines is 1. The minimum atomic E-state index is -3.59. The molecule has 0 bridgehead atoms. The van der Waals surface area contributed by atoms with Gasteiger partial charge in [-0.15, -0.1) is 0 Å². The lowest BCUT2D eigenvalue weighted by Crippen LogP contribution is -2.35. The van der Waals surface area contributed by atoms with Crippen molar-refractivity contribution in [3.05, 3.63) is 59.7 Å². The van der Waals surface area contributed by atoms with Gasteiger partial charge in [-0.1, -0.05) is 42.8 Å². The first-order chi connectivity index (χ1) is 15.8. The summed E-state index contributed by atoms with van der Waals surface area (Å²) in [5, 5.41) is 2.88. The van der Waals surface area contributed by atoms with E-state index >= 15 is 0 Å². The number of benzene rings is 2. The fraction of sp³-hybridized carbons (Fsp3) is 0.440. The largest absolute Gasteiger partial charge is 0.342 e. The number of amides is 2. The molecule has 2 aromatic carbocycles. The number of carbonyl (C=O) groups is 2. The van der Waals surface area contributed by atoms with Crippen LogP contribution in [0.2, 0.25) is 0 Å². The molecule has 1 atom stereocenters. The first kappa shape index (κ1) is 23.4. The molecule has 176 valence electrons. The number of piperidine rings is 1. The molecular formula is C25H31N3O4S. The zero-order valence-corrected chi connectivity index (χ0v) is 19.8. The Hall–Kier alpha value is -2.71. The fourth-order valence-corrected chi connectivity index (χ4v) is 6.00. The van der Waals surface area contributed by atoms with Gasteiger partial charge in [0.2, 0.25) is 21.8 Å². The Balaban J connectivity index is 1.41. The number of aryl methyl sites for hydroxylation is 1. The molecule has 7 nitrogen and oxygen atoms in total. The summed E-state index contributed by atoms with van der Waals surface area (Å²) in [6, 6.07) is 14.8. The van der Waals surface area contributed by atoms with Crippen LogP contribution in [0, 0.1) is 12.8 Å². The highest BCUT2D eigenvalue weighted by Gasteiger charge is 2.34. The second-order valence-corrected chi connectivity index (χ2v) is 10.8. The second-order valence-electron chi connectivity index (χ2n) is 8.91. The highest BCUT2D eigenvalue weighted by atomic mass is 32.2. The smallest absolute Gasteiger partial charge is 0.243 e. The molecular weight excluding hydrogens is 438 g/mol. The second kappa shape index (κ2) is 10.1. The van der Waals surface area contributed by atoms with Gasteiger partial charge in [-0.3, -0.25) is 9.59 Å². The van der Waals surface area contributed by atoms with Gasteiger partial charge in [0.15, 0.2) is 0 Å². The predicted octanol–water partition coefficient (Wildman–Crippen LogP) is 3.20. The number of sulfonamides is 1. The molecule has 1 unspecified atom stereocenters. The molecule has 2 heterocycles. The quantitative estimate of drug-likeness (QED) is 0.675. The summed E-state index contributed by atoms with van der Waals surface area (Å²) >= 11 is 0. The lowest BCUT2D eigenvalue weighted by Gasteiger charge is -2.26. The predicted molar refractivity (Wildman–Crippen MR) is 127 cm³/mol. The SMILES string of the molecule is Cc1ccc(S(=O)(=O)N2CCCCC2)cc1NC(=O)C1CC(=O)N(CCc2ccccc2)C1. The molecule has 0 saturated carbocycles. The van der Waals surface area contributed by atoms with Gasteiger partial charge < -0.3 is 10.2 Å². The van der Waals surface area contributed by atoms with E-state index in [0.717, 1.165) is 36.8 Å². The summed E-state index contributed by atoms with van der Waals surface area (Å²) in [5.41, 5.74) is 2.42. The van der Waals surface area contributed by atoms with Crippen LogP contribution in [0.1, 0.15) is 36.8 Å². The number of carbonyl (C=O) groups excluding carboxylic acids is 2. The van der Waals surface area contributed by atoms with Crippen molar-refractivity contribution >= 4 is 27.5 Å².